The number of aryl methyl sites for hydroxylation is 1. The summed E-state index contributed by atoms with van der Waals surface area (Å²) in [7, 11) is 3.44. The van der Waals surface area contributed by atoms with Crippen LogP contribution >= 0.6 is 15.9 Å². The molecule has 0 aliphatic carbocycles. The van der Waals surface area contributed by atoms with Crippen molar-refractivity contribution in [1.29, 1.82) is 0 Å². The second kappa shape index (κ2) is 4.83. The summed E-state index contributed by atoms with van der Waals surface area (Å²) in [6.45, 7) is 1.92. The highest BCUT2D eigenvalue weighted by molar-refractivity contribution is 9.10. The zero-order valence-electron chi connectivity index (χ0n) is 8.36. The fourth-order valence-electron chi connectivity index (χ4n) is 1.24. The van der Waals surface area contributed by atoms with Gasteiger partial charge in [0.2, 0.25) is 0 Å². The molecule has 3 N–H and O–H groups in total. The molecule has 0 bridgehead atoms. The van der Waals surface area contributed by atoms with E-state index in [9.17, 15) is 0 Å². The SMILES string of the molecule is COC(C)C(NN)c1c(Br)nnn1C. The Morgan fingerprint density at radius 1 is 1.64 bits per heavy atom. The van der Waals surface area contributed by atoms with Crippen molar-refractivity contribution in [2.45, 2.75) is 19.1 Å². The zero-order valence-corrected chi connectivity index (χ0v) is 9.95. The number of nitrogens with one attached hydrogen (secondary N) is 1. The minimum Gasteiger partial charge on any atom is -0.380 e. The summed E-state index contributed by atoms with van der Waals surface area (Å²) in [5.74, 6) is 5.46. The fraction of sp³-hybridized carbons (Fsp3) is 0.714. The standard InChI is InChI=1S/C7H14BrN5O/c1-4(14-3)5(10-9)6-7(8)11-12-13(6)2/h4-5,10H,9H2,1-3H3. The Bertz CT molecular complexity index is 283. The van der Waals surface area contributed by atoms with Gasteiger partial charge in [-0.2, -0.15) is 0 Å². The van der Waals surface area contributed by atoms with Crippen LogP contribution in [0.1, 0.15) is 18.7 Å². The Labute approximate surface area is 90.9 Å². The first kappa shape index (κ1) is 11.6. The molecule has 6 nitrogen and oxygen atoms in total. The second-order valence-corrected chi connectivity index (χ2v) is 3.73. The number of hydrazine groups is 1. The third-order valence-electron chi connectivity index (χ3n) is 2.14. The third kappa shape index (κ3) is 2.11. The van der Waals surface area contributed by atoms with Gasteiger partial charge in [-0.1, -0.05) is 5.21 Å². The molecule has 0 saturated heterocycles. The van der Waals surface area contributed by atoms with Crippen molar-refractivity contribution in [3.8, 4) is 0 Å². The predicted molar refractivity (Wildman–Crippen MR) is 55.2 cm³/mol. The van der Waals surface area contributed by atoms with Gasteiger partial charge in [-0.15, -0.1) is 5.10 Å². The van der Waals surface area contributed by atoms with Gasteiger partial charge >= 0.3 is 0 Å². The van der Waals surface area contributed by atoms with Crippen LogP contribution in [-0.2, 0) is 11.8 Å². The minimum atomic E-state index is -0.144. The summed E-state index contributed by atoms with van der Waals surface area (Å²) in [5, 5.41) is 7.75. The molecule has 7 heteroatoms. The minimum absolute atomic E-state index is 0.0616. The molecule has 0 spiro atoms. The average molecular weight is 264 g/mol. The van der Waals surface area contributed by atoms with Gasteiger partial charge in [0.15, 0.2) is 4.60 Å². The van der Waals surface area contributed by atoms with E-state index in [4.69, 9.17) is 10.6 Å². The first-order chi connectivity index (χ1) is 6.61. The summed E-state index contributed by atoms with van der Waals surface area (Å²) in [6.07, 6.45) is -0.0616. The summed E-state index contributed by atoms with van der Waals surface area (Å²) in [4.78, 5) is 0. The van der Waals surface area contributed by atoms with Crippen molar-refractivity contribution in [2.24, 2.45) is 12.9 Å². The van der Waals surface area contributed by atoms with E-state index < -0.39 is 0 Å². The van der Waals surface area contributed by atoms with Crippen LogP contribution in [0.4, 0.5) is 0 Å². The van der Waals surface area contributed by atoms with Crippen LogP contribution < -0.4 is 11.3 Å². The van der Waals surface area contributed by atoms with E-state index in [1.807, 2.05) is 6.92 Å². The number of nitrogens with zero attached hydrogens (tertiary/aromatic N) is 3. The van der Waals surface area contributed by atoms with Gasteiger partial charge in [-0.05, 0) is 22.9 Å². The lowest BCUT2D eigenvalue weighted by atomic mass is 10.1. The zero-order chi connectivity index (χ0) is 10.7. The highest BCUT2D eigenvalue weighted by Gasteiger charge is 2.24. The van der Waals surface area contributed by atoms with E-state index in [-0.39, 0.29) is 12.1 Å². The van der Waals surface area contributed by atoms with E-state index in [0.717, 1.165) is 5.69 Å². The molecule has 0 radical (unpaired) electrons. The maximum atomic E-state index is 5.46. The number of halogens is 1. The number of rotatable bonds is 4. The monoisotopic (exact) mass is 263 g/mol. The van der Waals surface area contributed by atoms with Crippen molar-refractivity contribution in [3.63, 3.8) is 0 Å². The molecule has 0 amide bonds. The summed E-state index contributed by atoms with van der Waals surface area (Å²) in [6, 6.07) is -0.144. The predicted octanol–water partition coefficient (Wildman–Crippen LogP) is 0.117. The normalized spacial score (nSPS) is 15.5. The maximum Gasteiger partial charge on any atom is 0.153 e. The van der Waals surface area contributed by atoms with Crippen LogP contribution in [0.2, 0.25) is 0 Å². The molecule has 1 rings (SSSR count). The highest BCUT2D eigenvalue weighted by Crippen LogP contribution is 2.23. The largest absolute Gasteiger partial charge is 0.380 e. The lowest BCUT2D eigenvalue weighted by Gasteiger charge is -2.21. The molecule has 0 aliphatic heterocycles. The van der Waals surface area contributed by atoms with Gasteiger partial charge in [0.1, 0.15) is 0 Å². The number of methoxy groups -OCH3 is 1. The van der Waals surface area contributed by atoms with Gasteiger partial charge < -0.3 is 4.74 Å². The van der Waals surface area contributed by atoms with E-state index >= 15 is 0 Å². The maximum absolute atomic E-state index is 5.46. The Morgan fingerprint density at radius 2 is 2.29 bits per heavy atom. The molecule has 2 atom stereocenters. The van der Waals surface area contributed by atoms with Gasteiger partial charge in [0.05, 0.1) is 17.8 Å². The highest BCUT2D eigenvalue weighted by atomic mass is 79.9. The molecule has 1 aromatic heterocycles. The molecule has 0 aromatic carbocycles. The number of hydrogen-bond donors (Lipinski definition) is 2. The number of hydrogen-bond acceptors (Lipinski definition) is 5. The van der Waals surface area contributed by atoms with E-state index in [0.29, 0.717) is 4.60 Å². The summed E-state index contributed by atoms with van der Waals surface area (Å²) >= 11 is 3.31. The number of aromatic nitrogens is 3. The molecule has 14 heavy (non-hydrogen) atoms. The Kier molecular flexibility index (Phi) is 3.99. The lowest BCUT2D eigenvalue weighted by Crippen LogP contribution is -2.37. The number of nitrogens with two attached hydrogens (primary N) is 1. The molecule has 1 heterocycles. The van der Waals surface area contributed by atoms with Crippen molar-refractivity contribution < 1.29 is 4.74 Å². The Morgan fingerprint density at radius 3 is 2.64 bits per heavy atom. The van der Waals surface area contributed by atoms with Crippen molar-refractivity contribution in [1.82, 2.24) is 20.4 Å². The van der Waals surface area contributed by atoms with Crippen LogP contribution in [0.15, 0.2) is 4.60 Å². The molecular formula is C7H14BrN5O. The summed E-state index contributed by atoms with van der Waals surface area (Å²) in [5.41, 5.74) is 3.54. The molecule has 80 valence electrons. The van der Waals surface area contributed by atoms with Crippen molar-refractivity contribution in [2.75, 3.05) is 7.11 Å². The first-order valence-corrected chi connectivity index (χ1v) is 4.95. The van der Waals surface area contributed by atoms with E-state index in [1.165, 1.54) is 0 Å². The molecule has 0 fully saturated rings. The smallest absolute Gasteiger partial charge is 0.153 e. The van der Waals surface area contributed by atoms with Gasteiger partial charge in [0.25, 0.3) is 0 Å². The van der Waals surface area contributed by atoms with E-state index in [2.05, 4.69) is 31.7 Å². The van der Waals surface area contributed by atoms with Gasteiger partial charge in [-0.25, -0.2) is 10.1 Å². The van der Waals surface area contributed by atoms with Crippen molar-refractivity contribution >= 4 is 15.9 Å². The molecule has 0 aliphatic rings. The fourth-order valence-corrected chi connectivity index (χ4v) is 1.82. The Hall–Kier alpha value is -0.500. The lowest BCUT2D eigenvalue weighted by molar-refractivity contribution is 0.0801. The average Bonchev–Trinajstić information content (AvgIpc) is 2.50. The number of ether oxygens (including phenoxy) is 1. The quantitative estimate of drug-likeness (QED) is 0.596. The van der Waals surface area contributed by atoms with E-state index in [1.54, 1.807) is 18.8 Å². The van der Waals surface area contributed by atoms with Crippen LogP contribution in [0.5, 0.6) is 0 Å². The second-order valence-electron chi connectivity index (χ2n) is 2.97. The van der Waals surface area contributed by atoms with Crippen molar-refractivity contribution in [3.05, 3.63) is 10.3 Å². The van der Waals surface area contributed by atoms with Crippen LogP contribution in [0, 0.1) is 0 Å². The first-order valence-electron chi connectivity index (χ1n) is 4.15. The van der Waals surface area contributed by atoms with Crippen LogP contribution in [0.3, 0.4) is 0 Å². The van der Waals surface area contributed by atoms with Crippen LogP contribution in [-0.4, -0.2) is 28.2 Å². The third-order valence-corrected chi connectivity index (χ3v) is 2.71. The van der Waals surface area contributed by atoms with Gasteiger partial charge in [-0.3, -0.25) is 5.84 Å². The Balaban J connectivity index is 2.99. The summed E-state index contributed by atoms with van der Waals surface area (Å²) < 4.78 is 7.53. The molecule has 2 unspecified atom stereocenters. The van der Waals surface area contributed by atoms with Crippen LogP contribution in [0.25, 0.3) is 0 Å². The topological polar surface area (TPSA) is 78.0 Å². The molecular weight excluding hydrogens is 250 g/mol. The van der Waals surface area contributed by atoms with Gasteiger partial charge in [0, 0.05) is 14.2 Å². The molecule has 0 saturated carbocycles. The molecule has 1 aromatic rings.